The predicted octanol–water partition coefficient (Wildman–Crippen LogP) is 3.74. The highest BCUT2D eigenvalue weighted by atomic mass is 79.9. The second-order valence-electron chi connectivity index (χ2n) is 4.72. The molecule has 2 aromatic carbocycles. The lowest BCUT2D eigenvalue weighted by Crippen LogP contribution is -2.29. The van der Waals surface area contributed by atoms with Gasteiger partial charge in [-0.05, 0) is 46.6 Å². The first kappa shape index (κ1) is 14.9. The van der Waals surface area contributed by atoms with Gasteiger partial charge in [-0.3, -0.25) is 0 Å². The first-order valence-electron chi connectivity index (χ1n) is 6.27. The minimum Gasteiger partial charge on any atom is -0.497 e. The van der Waals surface area contributed by atoms with E-state index in [-0.39, 0.29) is 6.61 Å². The second kappa shape index (κ2) is 6.29. The van der Waals surface area contributed by atoms with Gasteiger partial charge in [-0.2, -0.15) is 0 Å². The molecule has 3 nitrogen and oxygen atoms in total. The van der Waals surface area contributed by atoms with Crippen LogP contribution in [0.25, 0.3) is 0 Å². The summed E-state index contributed by atoms with van der Waals surface area (Å²) >= 11 is 3.43. The summed E-state index contributed by atoms with van der Waals surface area (Å²) in [6, 6.07) is 14.9. The van der Waals surface area contributed by atoms with Crippen LogP contribution < -0.4 is 9.47 Å². The number of hydrogen-bond donors (Lipinski definition) is 1. The molecular weight excluding hydrogens is 320 g/mol. The van der Waals surface area contributed by atoms with Gasteiger partial charge in [-0.15, -0.1) is 0 Å². The van der Waals surface area contributed by atoms with E-state index in [0.717, 1.165) is 15.8 Å². The third-order valence-electron chi connectivity index (χ3n) is 3.04. The van der Waals surface area contributed by atoms with Gasteiger partial charge in [0.05, 0.1) is 11.6 Å². The summed E-state index contributed by atoms with van der Waals surface area (Å²) < 4.78 is 11.6. The maximum absolute atomic E-state index is 10.5. The first-order valence-corrected chi connectivity index (χ1v) is 7.06. The fraction of sp³-hybridized carbons (Fsp3) is 0.250. The van der Waals surface area contributed by atoms with E-state index in [1.54, 1.807) is 14.0 Å². The average Bonchev–Trinajstić information content (AvgIpc) is 2.47. The Hall–Kier alpha value is -1.52. The van der Waals surface area contributed by atoms with Crippen molar-refractivity contribution in [2.24, 2.45) is 0 Å². The van der Waals surface area contributed by atoms with Gasteiger partial charge in [-0.25, -0.2) is 0 Å². The zero-order valence-corrected chi connectivity index (χ0v) is 13.1. The Morgan fingerprint density at radius 3 is 2.45 bits per heavy atom. The molecule has 106 valence electrons. The van der Waals surface area contributed by atoms with Gasteiger partial charge in [-0.1, -0.05) is 30.3 Å². The summed E-state index contributed by atoms with van der Waals surface area (Å²) in [7, 11) is 1.61. The minimum atomic E-state index is -1.04. The van der Waals surface area contributed by atoms with E-state index in [0.29, 0.717) is 5.75 Å². The molecule has 0 heterocycles. The van der Waals surface area contributed by atoms with Crippen molar-refractivity contribution in [2.45, 2.75) is 12.5 Å². The van der Waals surface area contributed by atoms with Gasteiger partial charge in [0.25, 0.3) is 0 Å². The molecule has 2 rings (SSSR count). The molecule has 0 fully saturated rings. The molecule has 0 aliphatic carbocycles. The van der Waals surface area contributed by atoms with E-state index < -0.39 is 5.60 Å². The molecule has 0 radical (unpaired) electrons. The van der Waals surface area contributed by atoms with Crippen LogP contribution in [-0.4, -0.2) is 18.8 Å². The summed E-state index contributed by atoms with van der Waals surface area (Å²) in [5.41, 5.74) is -0.217. The van der Waals surface area contributed by atoms with Crippen LogP contribution in [-0.2, 0) is 5.60 Å². The van der Waals surface area contributed by atoms with Crippen LogP contribution >= 0.6 is 15.9 Å². The van der Waals surface area contributed by atoms with Gasteiger partial charge >= 0.3 is 0 Å². The molecule has 4 heteroatoms. The highest BCUT2D eigenvalue weighted by molar-refractivity contribution is 9.10. The van der Waals surface area contributed by atoms with Crippen molar-refractivity contribution in [3.8, 4) is 11.5 Å². The number of rotatable bonds is 5. The highest BCUT2D eigenvalue weighted by Gasteiger charge is 2.24. The van der Waals surface area contributed by atoms with E-state index in [1.165, 1.54) is 0 Å². The average molecular weight is 337 g/mol. The molecule has 1 atom stereocenters. The Balaban J connectivity index is 2.08. The van der Waals surface area contributed by atoms with Crippen molar-refractivity contribution in [1.29, 1.82) is 0 Å². The summed E-state index contributed by atoms with van der Waals surface area (Å²) in [6.45, 7) is 1.90. The number of benzene rings is 2. The SMILES string of the molecule is COc1ccc(OCC(C)(O)c2ccccc2)c(Br)c1. The van der Waals surface area contributed by atoms with Gasteiger partial charge in [0.15, 0.2) is 0 Å². The molecule has 2 aromatic rings. The van der Waals surface area contributed by atoms with Crippen molar-refractivity contribution in [3.05, 3.63) is 58.6 Å². The maximum atomic E-state index is 10.5. The molecule has 0 saturated carbocycles. The van der Waals surface area contributed by atoms with E-state index in [4.69, 9.17) is 9.47 Å². The van der Waals surface area contributed by atoms with Crippen LogP contribution in [0.1, 0.15) is 12.5 Å². The number of halogens is 1. The van der Waals surface area contributed by atoms with Crippen LogP contribution in [0.5, 0.6) is 11.5 Å². The van der Waals surface area contributed by atoms with Crippen molar-refractivity contribution in [3.63, 3.8) is 0 Å². The molecule has 0 aliphatic rings. The van der Waals surface area contributed by atoms with E-state index in [1.807, 2.05) is 48.5 Å². The summed E-state index contributed by atoms with van der Waals surface area (Å²) in [5.74, 6) is 1.42. The normalized spacial score (nSPS) is 13.6. The van der Waals surface area contributed by atoms with Gasteiger partial charge in [0.1, 0.15) is 23.7 Å². The minimum absolute atomic E-state index is 0.169. The Labute approximate surface area is 127 Å². The van der Waals surface area contributed by atoms with Crippen LogP contribution in [0.3, 0.4) is 0 Å². The van der Waals surface area contributed by atoms with Crippen molar-refractivity contribution >= 4 is 15.9 Å². The fourth-order valence-electron chi connectivity index (χ4n) is 1.82. The van der Waals surface area contributed by atoms with Crippen molar-refractivity contribution in [1.82, 2.24) is 0 Å². The monoisotopic (exact) mass is 336 g/mol. The quantitative estimate of drug-likeness (QED) is 0.903. The lowest BCUT2D eigenvalue weighted by atomic mass is 9.97. The van der Waals surface area contributed by atoms with Crippen LogP contribution in [0.15, 0.2) is 53.0 Å². The smallest absolute Gasteiger partial charge is 0.133 e. The molecule has 0 amide bonds. The zero-order chi connectivity index (χ0) is 14.6. The van der Waals surface area contributed by atoms with Crippen molar-refractivity contribution in [2.75, 3.05) is 13.7 Å². The fourth-order valence-corrected chi connectivity index (χ4v) is 2.30. The summed E-state index contributed by atoms with van der Waals surface area (Å²) in [4.78, 5) is 0. The molecule has 1 unspecified atom stereocenters. The number of aliphatic hydroxyl groups is 1. The second-order valence-corrected chi connectivity index (χ2v) is 5.58. The van der Waals surface area contributed by atoms with Gasteiger partial charge < -0.3 is 14.6 Å². The van der Waals surface area contributed by atoms with Crippen LogP contribution in [0.2, 0.25) is 0 Å². The van der Waals surface area contributed by atoms with E-state index in [2.05, 4.69) is 15.9 Å². The molecule has 0 saturated heterocycles. The van der Waals surface area contributed by atoms with Crippen LogP contribution in [0.4, 0.5) is 0 Å². The Morgan fingerprint density at radius 1 is 1.15 bits per heavy atom. The third kappa shape index (κ3) is 3.52. The molecule has 0 bridgehead atoms. The lowest BCUT2D eigenvalue weighted by molar-refractivity contribution is 0.00734. The first-order chi connectivity index (χ1) is 9.53. The van der Waals surface area contributed by atoms with Gasteiger partial charge in [0.2, 0.25) is 0 Å². The predicted molar refractivity (Wildman–Crippen MR) is 82.2 cm³/mol. The molecule has 0 spiro atoms. The molecule has 0 aliphatic heterocycles. The molecule has 0 aromatic heterocycles. The van der Waals surface area contributed by atoms with Crippen molar-refractivity contribution < 1.29 is 14.6 Å². The Kier molecular flexibility index (Phi) is 4.68. The van der Waals surface area contributed by atoms with E-state index in [9.17, 15) is 5.11 Å². The topological polar surface area (TPSA) is 38.7 Å². The molecular formula is C16H17BrO3. The molecule has 1 N–H and O–H groups in total. The molecule has 20 heavy (non-hydrogen) atoms. The Morgan fingerprint density at radius 2 is 1.85 bits per heavy atom. The van der Waals surface area contributed by atoms with Gasteiger partial charge in [0, 0.05) is 0 Å². The lowest BCUT2D eigenvalue weighted by Gasteiger charge is -2.24. The Bertz CT molecular complexity index is 567. The highest BCUT2D eigenvalue weighted by Crippen LogP contribution is 2.30. The maximum Gasteiger partial charge on any atom is 0.133 e. The largest absolute Gasteiger partial charge is 0.497 e. The van der Waals surface area contributed by atoms with Crippen LogP contribution in [0, 0.1) is 0 Å². The van der Waals surface area contributed by atoms with E-state index >= 15 is 0 Å². The standard InChI is InChI=1S/C16H17BrO3/c1-16(18,12-6-4-3-5-7-12)11-20-15-9-8-13(19-2)10-14(15)17/h3-10,18H,11H2,1-2H3. The summed E-state index contributed by atoms with van der Waals surface area (Å²) in [6.07, 6.45) is 0. The number of hydrogen-bond acceptors (Lipinski definition) is 3. The number of methoxy groups -OCH3 is 1. The summed E-state index contributed by atoms with van der Waals surface area (Å²) in [5, 5.41) is 10.5. The third-order valence-corrected chi connectivity index (χ3v) is 3.66. The number of ether oxygens (including phenoxy) is 2. The zero-order valence-electron chi connectivity index (χ0n) is 11.5.